The molecule has 0 fully saturated rings. The molecule has 0 bridgehead atoms. The summed E-state index contributed by atoms with van der Waals surface area (Å²) in [4.78, 5) is 0. The van der Waals surface area contributed by atoms with Gasteiger partial charge in [0.15, 0.2) is 0 Å². The molecule has 2 rings (SSSR count). The van der Waals surface area contributed by atoms with Crippen LogP contribution in [0.1, 0.15) is 19.4 Å². The van der Waals surface area contributed by atoms with E-state index in [1.807, 2.05) is 19.3 Å². The molecular weight excluding hydrogens is 204 g/mol. The van der Waals surface area contributed by atoms with Gasteiger partial charge in [0.2, 0.25) is 5.88 Å². The average Bonchev–Trinajstić information content (AvgIpc) is 2.75. The first-order chi connectivity index (χ1) is 7.58. The van der Waals surface area contributed by atoms with E-state index in [4.69, 9.17) is 10.3 Å². The van der Waals surface area contributed by atoms with Crippen LogP contribution in [0.15, 0.2) is 16.8 Å². The van der Waals surface area contributed by atoms with Gasteiger partial charge in [-0.3, -0.25) is 4.68 Å². The van der Waals surface area contributed by atoms with Crippen LogP contribution in [0.4, 0.5) is 5.88 Å². The Balaban J connectivity index is 2.41. The average molecular weight is 220 g/mol. The smallest absolute Gasteiger partial charge is 0.225 e. The van der Waals surface area contributed by atoms with Crippen molar-refractivity contribution in [1.82, 2.24) is 14.9 Å². The van der Waals surface area contributed by atoms with E-state index in [-0.39, 0.29) is 0 Å². The number of nitrogens with two attached hydrogens (primary N) is 1. The molecule has 2 N–H and O–H groups in total. The van der Waals surface area contributed by atoms with E-state index in [1.165, 1.54) is 0 Å². The predicted octanol–water partition coefficient (Wildman–Crippen LogP) is 1.86. The second kappa shape index (κ2) is 4.00. The zero-order valence-electron chi connectivity index (χ0n) is 9.77. The Bertz CT molecular complexity index is 484. The highest BCUT2D eigenvalue weighted by molar-refractivity contribution is 5.63. The quantitative estimate of drug-likeness (QED) is 0.857. The van der Waals surface area contributed by atoms with Crippen LogP contribution in [0, 0.1) is 5.92 Å². The molecule has 5 heteroatoms. The molecule has 0 aromatic carbocycles. The van der Waals surface area contributed by atoms with Gasteiger partial charge in [0.25, 0.3) is 0 Å². The molecule has 2 aromatic rings. The summed E-state index contributed by atoms with van der Waals surface area (Å²) in [5.41, 5.74) is 8.28. The van der Waals surface area contributed by atoms with Crippen molar-refractivity contribution >= 4 is 5.88 Å². The number of anilines is 1. The SMILES string of the molecule is CC(C)Cc1c(-c2ccn(C)n2)noc1N. The summed E-state index contributed by atoms with van der Waals surface area (Å²) < 4.78 is 6.77. The zero-order valence-corrected chi connectivity index (χ0v) is 9.77. The molecule has 86 valence electrons. The van der Waals surface area contributed by atoms with Crippen LogP contribution in [0.2, 0.25) is 0 Å². The molecule has 0 radical (unpaired) electrons. The van der Waals surface area contributed by atoms with E-state index in [1.54, 1.807) is 4.68 Å². The first-order valence-electron chi connectivity index (χ1n) is 5.32. The van der Waals surface area contributed by atoms with Gasteiger partial charge in [0.1, 0.15) is 11.4 Å². The Morgan fingerprint density at radius 1 is 1.50 bits per heavy atom. The van der Waals surface area contributed by atoms with E-state index in [2.05, 4.69) is 24.1 Å². The Morgan fingerprint density at radius 3 is 2.81 bits per heavy atom. The lowest BCUT2D eigenvalue weighted by Gasteiger charge is -2.03. The maximum absolute atomic E-state index is 5.77. The molecule has 0 unspecified atom stereocenters. The van der Waals surface area contributed by atoms with Crippen molar-refractivity contribution in [3.8, 4) is 11.4 Å². The third kappa shape index (κ3) is 1.93. The molecule has 2 aromatic heterocycles. The molecule has 0 saturated heterocycles. The monoisotopic (exact) mass is 220 g/mol. The normalized spacial score (nSPS) is 11.2. The number of hydrogen-bond donors (Lipinski definition) is 1. The van der Waals surface area contributed by atoms with Crippen LogP contribution in [0.25, 0.3) is 11.4 Å². The van der Waals surface area contributed by atoms with Gasteiger partial charge in [0.05, 0.1) is 0 Å². The Labute approximate surface area is 94.2 Å². The van der Waals surface area contributed by atoms with Gasteiger partial charge in [0, 0.05) is 18.8 Å². The number of nitrogens with zero attached hydrogens (tertiary/aromatic N) is 3. The minimum absolute atomic E-state index is 0.398. The van der Waals surface area contributed by atoms with Gasteiger partial charge >= 0.3 is 0 Å². The van der Waals surface area contributed by atoms with Crippen LogP contribution in [0.3, 0.4) is 0 Å². The van der Waals surface area contributed by atoms with Crippen molar-refractivity contribution in [3.63, 3.8) is 0 Å². The van der Waals surface area contributed by atoms with Crippen LogP contribution in [-0.4, -0.2) is 14.9 Å². The number of aromatic nitrogens is 3. The van der Waals surface area contributed by atoms with Gasteiger partial charge in [-0.25, -0.2) is 0 Å². The first kappa shape index (κ1) is 10.7. The molecule has 0 saturated carbocycles. The Morgan fingerprint density at radius 2 is 2.25 bits per heavy atom. The lowest BCUT2D eigenvalue weighted by atomic mass is 10.0. The van der Waals surface area contributed by atoms with Crippen LogP contribution < -0.4 is 5.73 Å². The second-order valence-corrected chi connectivity index (χ2v) is 4.35. The summed E-state index contributed by atoms with van der Waals surface area (Å²) in [5, 5.41) is 8.28. The highest BCUT2D eigenvalue weighted by Gasteiger charge is 2.18. The molecular formula is C11H16N4O. The summed E-state index contributed by atoms with van der Waals surface area (Å²) >= 11 is 0. The van der Waals surface area contributed by atoms with E-state index < -0.39 is 0 Å². The highest BCUT2D eigenvalue weighted by atomic mass is 16.5. The number of aryl methyl sites for hydroxylation is 1. The third-order valence-corrected chi connectivity index (χ3v) is 2.39. The maximum Gasteiger partial charge on any atom is 0.225 e. The molecule has 0 spiro atoms. The Kier molecular flexibility index (Phi) is 2.68. The van der Waals surface area contributed by atoms with Gasteiger partial charge in [-0.15, -0.1) is 0 Å². The molecule has 5 nitrogen and oxygen atoms in total. The highest BCUT2D eigenvalue weighted by Crippen LogP contribution is 2.27. The molecule has 0 atom stereocenters. The van der Waals surface area contributed by atoms with E-state index in [9.17, 15) is 0 Å². The van der Waals surface area contributed by atoms with Gasteiger partial charge < -0.3 is 10.3 Å². The number of rotatable bonds is 3. The molecule has 0 aliphatic heterocycles. The minimum atomic E-state index is 0.398. The maximum atomic E-state index is 5.77. The van der Waals surface area contributed by atoms with Crippen molar-refractivity contribution in [2.45, 2.75) is 20.3 Å². The standard InChI is InChI=1S/C11H16N4O/c1-7(2)6-8-10(14-16-11(8)12)9-4-5-15(3)13-9/h4-5,7H,6,12H2,1-3H3. The van der Waals surface area contributed by atoms with Crippen molar-refractivity contribution < 1.29 is 4.52 Å². The van der Waals surface area contributed by atoms with E-state index >= 15 is 0 Å². The largest absolute Gasteiger partial charge is 0.367 e. The number of hydrogen-bond acceptors (Lipinski definition) is 4. The third-order valence-electron chi connectivity index (χ3n) is 2.39. The molecule has 0 aliphatic rings. The fourth-order valence-electron chi connectivity index (χ4n) is 1.67. The molecule has 0 amide bonds. The summed E-state index contributed by atoms with van der Waals surface area (Å²) in [7, 11) is 1.87. The zero-order chi connectivity index (χ0) is 11.7. The van der Waals surface area contributed by atoms with Crippen molar-refractivity contribution in [1.29, 1.82) is 0 Å². The fourth-order valence-corrected chi connectivity index (χ4v) is 1.67. The van der Waals surface area contributed by atoms with Crippen molar-refractivity contribution in [3.05, 3.63) is 17.8 Å². The van der Waals surface area contributed by atoms with Gasteiger partial charge in [-0.2, -0.15) is 5.10 Å². The van der Waals surface area contributed by atoms with Crippen LogP contribution in [0.5, 0.6) is 0 Å². The minimum Gasteiger partial charge on any atom is -0.367 e. The molecule has 2 heterocycles. The summed E-state index contributed by atoms with van der Waals surface area (Å²) in [6.07, 6.45) is 2.72. The number of nitrogen functional groups attached to an aromatic ring is 1. The van der Waals surface area contributed by atoms with Gasteiger partial charge in [-0.1, -0.05) is 19.0 Å². The summed E-state index contributed by atoms with van der Waals surface area (Å²) in [6, 6.07) is 1.90. The fraction of sp³-hybridized carbons (Fsp3) is 0.455. The topological polar surface area (TPSA) is 69.9 Å². The second-order valence-electron chi connectivity index (χ2n) is 4.35. The van der Waals surface area contributed by atoms with Crippen molar-refractivity contribution in [2.75, 3.05) is 5.73 Å². The molecule has 0 aliphatic carbocycles. The Hall–Kier alpha value is -1.78. The predicted molar refractivity (Wildman–Crippen MR) is 61.7 cm³/mol. The molecule has 16 heavy (non-hydrogen) atoms. The van der Waals surface area contributed by atoms with Crippen molar-refractivity contribution in [2.24, 2.45) is 13.0 Å². The van der Waals surface area contributed by atoms with Gasteiger partial charge in [-0.05, 0) is 18.4 Å². The van der Waals surface area contributed by atoms with E-state index in [0.717, 1.165) is 23.4 Å². The van der Waals surface area contributed by atoms with Crippen LogP contribution >= 0.6 is 0 Å². The first-order valence-corrected chi connectivity index (χ1v) is 5.32. The lowest BCUT2D eigenvalue weighted by Crippen LogP contribution is -1.99. The summed E-state index contributed by atoms with van der Waals surface area (Å²) in [5.74, 6) is 0.901. The van der Waals surface area contributed by atoms with Crippen LogP contribution in [-0.2, 0) is 13.5 Å². The van der Waals surface area contributed by atoms with E-state index in [0.29, 0.717) is 11.8 Å². The summed E-state index contributed by atoms with van der Waals surface area (Å²) in [6.45, 7) is 4.27. The lowest BCUT2D eigenvalue weighted by molar-refractivity contribution is 0.437.